The molecule has 1 aromatic rings. The molecular weight excluding hydrogens is 316 g/mol. The Balaban J connectivity index is 1.61. The van der Waals surface area contributed by atoms with E-state index < -0.39 is 0 Å². The van der Waals surface area contributed by atoms with E-state index in [9.17, 15) is 9.59 Å². The van der Waals surface area contributed by atoms with Gasteiger partial charge in [-0.1, -0.05) is 11.6 Å². The van der Waals surface area contributed by atoms with Gasteiger partial charge in [-0.3, -0.25) is 9.59 Å². The van der Waals surface area contributed by atoms with E-state index in [4.69, 9.17) is 16.9 Å². The van der Waals surface area contributed by atoms with E-state index in [1.54, 1.807) is 17.0 Å². The Kier molecular flexibility index (Phi) is 4.39. The van der Waals surface area contributed by atoms with Crippen LogP contribution in [0.1, 0.15) is 18.4 Å². The molecule has 2 fully saturated rings. The summed E-state index contributed by atoms with van der Waals surface area (Å²) in [6, 6.07) is 6.94. The molecule has 0 spiro atoms. The highest BCUT2D eigenvalue weighted by Gasteiger charge is 2.32. The van der Waals surface area contributed by atoms with Gasteiger partial charge in [-0.2, -0.15) is 5.26 Å². The van der Waals surface area contributed by atoms with Crippen LogP contribution in [0.4, 0.5) is 5.69 Å². The van der Waals surface area contributed by atoms with E-state index >= 15 is 0 Å². The molecule has 6 nitrogen and oxygen atoms in total. The number of amides is 2. The summed E-state index contributed by atoms with van der Waals surface area (Å²) in [5.74, 6) is -0.0484. The van der Waals surface area contributed by atoms with Crippen molar-refractivity contribution in [2.45, 2.75) is 18.9 Å². The van der Waals surface area contributed by atoms with Crippen molar-refractivity contribution in [2.24, 2.45) is 0 Å². The molecular formula is C16H17ClN4O2. The Morgan fingerprint density at radius 1 is 1.30 bits per heavy atom. The fraction of sp³-hybridized carbons (Fsp3) is 0.438. The van der Waals surface area contributed by atoms with Gasteiger partial charge in [-0.05, 0) is 24.6 Å². The average Bonchev–Trinajstić information content (AvgIpc) is 3.00. The number of nitrogens with one attached hydrogen (secondary N) is 1. The zero-order chi connectivity index (χ0) is 16.4. The van der Waals surface area contributed by atoms with Crippen molar-refractivity contribution >= 4 is 29.1 Å². The van der Waals surface area contributed by atoms with E-state index in [2.05, 4.69) is 16.3 Å². The summed E-state index contributed by atoms with van der Waals surface area (Å²) in [7, 11) is 0. The highest BCUT2D eigenvalue weighted by molar-refractivity contribution is 6.33. The molecule has 0 radical (unpaired) electrons. The number of rotatable bonds is 2. The standard InChI is InChI=1S/C16H17ClN4O2/c17-12-9-11(10-18)1-3-14(12)20-5-7-21(8-6-20)16(23)13-2-4-15(22)19-13/h1,3,9,13H,2,4-8H2,(H,19,22). The molecule has 2 amide bonds. The summed E-state index contributed by atoms with van der Waals surface area (Å²) in [5, 5.41) is 12.2. The normalized spacial score (nSPS) is 21.0. The lowest BCUT2D eigenvalue weighted by molar-refractivity contribution is -0.134. The first-order valence-electron chi connectivity index (χ1n) is 7.61. The topological polar surface area (TPSA) is 76.4 Å². The van der Waals surface area contributed by atoms with Gasteiger partial charge in [0.1, 0.15) is 6.04 Å². The highest BCUT2D eigenvalue weighted by Crippen LogP contribution is 2.27. The van der Waals surface area contributed by atoms with Gasteiger partial charge < -0.3 is 15.1 Å². The number of hydrogen-bond acceptors (Lipinski definition) is 4. The van der Waals surface area contributed by atoms with Gasteiger partial charge in [-0.25, -0.2) is 0 Å². The van der Waals surface area contributed by atoms with Crippen molar-refractivity contribution in [2.75, 3.05) is 31.1 Å². The van der Waals surface area contributed by atoms with Crippen molar-refractivity contribution in [3.8, 4) is 6.07 Å². The first-order chi connectivity index (χ1) is 11.1. The summed E-state index contributed by atoms with van der Waals surface area (Å²) in [6.45, 7) is 2.55. The maximum absolute atomic E-state index is 12.4. The molecule has 1 aromatic carbocycles. The van der Waals surface area contributed by atoms with Crippen LogP contribution in [0.5, 0.6) is 0 Å². The highest BCUT2D eigenvalue weighted by atomic mass is 35.5. The van der Waals surface area contributed by atoms with Gasteiger partial charge in [0, 0.05) is 32.6 Å². The van der Waals surface area contributed by atoms with Crippen LogP contribution < -0.4 is 10.2 Å². The molecule has 1 atom stereocenters. The van der Waals surface area contributed by atoms with Crippen LogP contribution in [0.2, 0.25) is 5.02 Å². The van der Waals surface area contributed by atoms with Gasteiger partial charge in [0.25, 0.3) is 0 Å². The number of nitriles is 1. The molecule has 0 aromatic heterocycles. The lowest BCUT2D eigenvalue weighted by Crippen LogP contribution is -2.53. The number of piperazine rings is 1. The number of nitrogens with zero attached hydrogens (tertiary/aromatic N) is 3. The number of carbonyl (C=O) groups is 2. The van der Waals surface area contributed by atoms with Gasteiger partial charge in [0.05, 0.1) is 22.3 Å². The lowest BCUT2D eigenvalue weighted by atomic mass is 10.1. The van der Waals surface area contributed by atoms with Gasteiger partial charge in [0.15, 0.2) is 0 Å². The molecule has 7 heteroatoms. The van der Waals surface area contributed by atoms with Crippen LogP contribution in [-0.4, -0.2) is 48.9 Å². The van der Waals surface area contributed by atoms with Crippen LogP contribution in [-0.2, 0) is 9.59 Å². The van der Waals surface area contributed by atoms with Gasteiger partial charge in [-0.15, -0.1) is 0 Å². The molecule has 3 rings (SSSR count). The predicted molar refractivity (Wildman–Crippen MR) is 86.1 cm³/mol. The summed E-state index contributed by atoms with van der Waals surface area (Å²) in [6.07, 6.45) is 1.01. The van der Waals surface area contributed by atoms with Crippen LogP contribution in [0.25, 0.3) is 0 Å². The zero-order valence-electron chi connectivity index (χ0n) is 12.6. The quantitative estimate of drug-likeness (QED) is 0.881. The second kappa shape index (κ2) is 6.47. The third kappa shape index (κ3) is 3.25. The minimum absolute atomic E-state index is 0.00132. The first-order valence-corrected chi connectivity index (χ1v) is 7.99. The van der Waals surface area contributed by atoms with E-state index in [-0.39, 0.29) is 17.9 Å². The van der Waals surface area contributed by atoms with Crippen molar-refractivity contribution in [3.05, 3.63) is 28.8 Å². The molecule has 0 bridgehead atoms. The van der Waals surface area contributed by atoms with Crippen LogP contribution >= 0.6 is 11.6 Å². The second-order valence-corrected chi connectivity index (χ2v) is 6.16. The minimum atomic E-state index is -0.368. The van der Waals surface area contributed by atoms with Crippen molar-refractivity contribution in [1.29, 1.82) is 5.26 Å². The molecule has 2 saturated heterocycles. The van der Waals surface area contributed by atoms with E-state index in [1.165, 1.54) is 0 Å². The van der Waals surface area contributed by atoms with Gasteiger partial charge in [0.2, 0.25) is 11.8 Å². The third-order valence-corrected chi connectivity index (χ3v) is 4.60. The minimum Gasteiger partial charge on any atom is -0.367 e. The Bertz CT molecular complexity index is 677. The monoisotopic (exact) mass is 332 g/mol. The number of anilines is 1. The predicted octanol–water partition coefficient (Wildman–Crippen LogP) is 1.14. The molecule has 0 saturated carbocycles. The van der Waals surface area contributed by atoms with E-state index in [1.807, 2.05) is 6.07 Å². The molecule has 1 N–H and O–H groups in total. The van der Waals surface area contributed by atoms with Crippen molar-refractivity contribution < 1.29 is 9.59 Å². The summed E-state index contributed by atoms with van der Waals surface area (Å²) in [5.41, 5.74) is 1.41. The fourth-order valence-electron chi connectivity index (χ4n) is 3.02. The Hall–Kier alpha value is -2.26. The van der Waals surface area contributed by atoms with Crippen LogP contribution in [0, 0.1) is 11.3 Å². The first kappa shape index (κ1) is 15.6. The zero-order valence-corrected chi connectivity index (χ0v) is 13.3. The molecule has 1 unspecified atom stereocenters. The third-order valence-electron chi connectivity index (χ3n) is 4.30. The molecule has 2 heterocycles. The number of halogens is 1. The number of carbonyl (C=O) groups excluding carboxylic acids is 2. The maximum atomic E-state index is 12.4. The summed E-state index contributed by atoms with van der Waals surface area (Å²) in [4.78, 5) is 27.5. The average molecular weight is 333 g/mol. The molecule has 23 heavy (non-hydrogen) atoms. The Morgan fingerprint density at radius 3 is 2.61 bits per heavy atom. The lowest BCUT2D eigenvalue weighted by Gasteiger charge is -2.37. The SMILES string of the molecule is N#Cc1ccc(N2CCN(C(=O)C3CCC(=O)N3)CC2)c(Cl)c1. The molecule has 2 aliphatic heterocycles. The molecule has 120 valence electrons. The van der Waals surface area contributed by atoms with Gasteiger partial charge >= 0.3 is 0 Å². The van der Waals surface area contributed by atoms with Crippen LogP contribution in [0.3, 0.4) is 0 Å². The van der Waals surface area contributed by atoms with Crippen molar-refractivity contribution in [1.82, 2.24) is 10.2 Å². The van der Waals surface area contributed by atoms with E-state index in [0.29, 0.717) is 49.6 Å². The largest absolute Gasteiger partial charge is 0.367 e. The Labute approximate surface area is 139 Å². The summed E-state index contributed by atoms with van der Waals surface area (Å²) >= 11 is 6.24. The molecule has 2 aliphatic rings. The second-order valence-electron chi connectivity index (χ2n) is 5.75. The van der Waals surface area contributed by atoms with Crippen LogP contribution in [0.15, 0.2) is 18.2 Å². The number of hydrogen-bond donors (Lipinski definition) is 1. The smallest absolute Gasteiger partial charge is 0.245 e. The summed E-state index contributed by atoms with van der Waals surface area (Å²) < 4.78 is 0. The fourth-order valence-corrected chi connectivity index (χ4v) is 3.32. The maximum Gasteiger partial charge on any atom is 0.245 e. The van der Waals surface area contributed by atoms with Crippen molar-refractivity contribution in [3.63, 3.8) is 0 Å². The molecule has 0 aliphatic carbocycles. The number of benzene rings is 1. The Morgan fingerprint density at radius 2 is 2.04 bits per heavy atom. The van der Waals surface area contributed by atoms with E-state index in [0.717, 1.165) is 5.69 Å².